The molecule has 0 unspecified atom stereocenters. The van der Waals surface area contributed by atoms with Gasteiger partial charge in [-0.05, 0) is 38.9 Å². The Morgan fingerprint density at radius 3 is 2.54 bits per heavy atom. The summed E-state index contributed by atoms with van der Waals surface area (Å²) in [6, 6.07) is 0. The standard InChI is InChI=1S/C9H19N3O/c1-11-5-3-8(4-6-11)7-9(13)12(2)10/h8H,3-7,10H2,1-2H3. The van der Waals surface area contributed by atoms with E-state index in [0.717, 1.165) is 25.9 Å². The number of hydrogen-bond acceptors (Lipinski definition) is 3. The third-order valence-electron chi connectivity index (χ3n) is 2.69. The Morgan fingerprint density at radius 2 is 2.08 bits per heavy atom. The largest absolute Gasteiger partial charge is 0.306 e. The first-order valence-electron chi connectivity index (χ1n) is 4.79. The zero-order valence-electron chi connectivity index (χ0n) is 8.49. The van der Waals surface area contributed by atoms with E-state index in [2.05, 4.69) is 11.9 Å². The Kier molecular flexibility index (Phi) is 3.69. The zero-order chi connectivity index (χ0) is 9.84. The van der Waals surface area contributed by atoms with Gasteiger partial charge in [0.05, 0.1) is 0 Å². The van der Waals surface area contributed by atoms with Crippen LogP contribution in [-0.4, -0.2) is 43.0 Å². The van der Waals surface area contributed by atoms with Crippen molar-refractivity contribution in [2.75, 3.05) is 27.2 Å². The molecule has 0 atom stereocenters. The fourth-order valence-electron chi connectivity index (χ4n) is 1.66. The first-order chi connectivity index (χ1) is 6.09. The molecule has 1 aliphatic heterocycles. The van der Waals surface area contributed by atoms with Gasteiger partial charge in [0.25, 0.3) is 0 Å². The number of rotatable bonds is 2. The number of nitrogens with two attached hydrogens (primary N) is 1. The molecule has 0 aromatic heterocycles. The van der Waals surface area contributed by atoms with E-state index in [1.165, 1.54) is 5.01 Å². The highest BCUT2D eigenvalue weighted by atomic mass is 16.2. The average molecular weight is 185 g/mol. The highest BCUT2D eigenvalue weighted by Gasteiger charge is 2.20. The number of hydrogen-bond donors (Lipinski definition) is 1. The molecular weight excluding hydrogens is 166 g/mol. The molecule has 0 bridgehead atoms. The molecule has 1 aliphatic rings. The van der Waals surface area contributed by atoms with E-state index in [9.17, 15) is 4.79 Å². The predicted molar refractivity (Wildman–Crippen MR) is 51.8 cm³/mol. The fourth-order valence-corrected chi connectivity index (χ4v) is 1.66. The third kappa shape index (κ3) is 3.32. The lowest BCUT2D eigenvalue weighted by Gasteiger charge is -2.28. The number of amides is 1. The van der Waals surface area contributed by atoms with E-state index in [-0.39, 0.29) is 5.91 Å². The van der Waals surface area contributed by atoms with E-state index in [4.69, 9.17) is 5.84 Å². The summed E-state index contributed by atoms with van der Waals surface area (Å²) in [5, 5.41) is 1.19. The molecule has 2 N–H and O–H groups in total. The van der Waals surface area contributed by atoms with E-state index >= 15 is 0 Å². The molecule has 1 saturated heterocycles. The van der Waals surface area contributed by atoms with Crippen LogP contribution < -0.4 is 5.84 Å². The lowest BCUT2D eigenvalue weighted by Crippen LogP contribution is -2.37. The maximum atomic E-state index is 11.3. The van der Waals surface area contributed by atoms with Crippen molar-refractivity contribution < 1.29 is 4.79 Å². The second-order valence-corrected chi connectivity index (χ2v) is 3.96. The third-order valence-corrected chi connectivity index (χ3v) is 2.69. The molecule has 0 spiro atoms. The predicted octanol–water partition coefficient (Wildman–Crippen LogP) is 0.0504. The Hall–Kier alpha value is -0.610. The lowest BCUT2D eigenvalue weighted by molar-refractivity contribution is -0.131. The van der Waals surface area contributed by atoms with Gasteiger partial charge in [-0.1, -0.05) is 0 Å². The summed E-state index contributed by atoms with van der Waals surface area (Å²) in [5.41, 5.74) is 0. The van der Waals surface area contributed by atoms with Crippen LogP contribution in [-0.2, 0) is 4.79 Å². The van der Waals surface area contributed by atoms with Crippen molar-refractivity contribution >= 4 is 5.91 Å². The fraction of sp³-hybridized carbons (Fsp3) is 0.889. The molecule has 0 aromatic carbocycles. The Bertz CT molecular complexity index is 174. The van der Waals surface area contributed by atoms with Crippen molar-refractivity contribution in [3.8, 4) is 0 Å². The van der Waals surface area contributed by atoms with Crippen LogP contribution in [0.3, 0.4) is 0 Å². The van der Waals surface area contributed by atoms with Crippen molar-refractivity contribution in [2.45, 2.75) is 19.3 Å². The molecule has 0 radical (unpaired) electrons. The molecule has 0 aromatic rings. The van der Waals surface area contributed by atoms with Gasteiger partial charge in [0.2, 0.25) is 5.91 Å². The summed E-state index contributed by atoms with van der Waals surface area (Å²) < 4.78 is 0. The molecule has 1 heterocycles. The molecule has 1 fully saturated rings. The molecule has 1 rings (SSSR count). The van der Waals surface area contributed by atoms with E-state index < -0.39 is 0 Å². The number of carbonyl (C=O) groups excluding carboxylic acids is 1. The van der Waals surface area contributed by atoms with E-state index in [1.54, 1.807) is 7.05 Å². The summed E-state index contributed by atoms with van der Waals surface area (Å²) in [6.45, 7) is 2.21. The number of hydrazine groups is 1. The number of likely N-dealkylation sites (tertiary alicyclic amines) is 1. The molecule has 76 valence electrons. The summed E-state index contributed by atoms with van der Waals surface area (Å²) in [7, 11) is 3.73. The van der Waals surface area contributed by atoms with Crippen LogP contribution in [0.25, 0.3) is 0 Å². The van der Waals surface area contributed by atoms with Crippen molar-refractivity contribution in [1.29, 1.82) is 0 Å². The second kappa shape index (κ2) is 4.58. The first kappa shape index (κ1) is 10.5. The SMILES string of the molecule is CN1CCC(CC(=O)N(C)N)CC1. The van der Waals surface area contributed by atoms with Gasteiger partial charge >= 0.3 is 0 Å². The minimum Gasteiger partial charge on any atom is -0.306 e. The highest BCUT2D eigenvalue weighted by Crippen LogP contribution is 2.19. The zero-order valence-corrected chi connectivity index (χ0v) is 8.49. The molecule has 4 nitrogen and oxygen atoms in total. The minimum atomic E-state index is 0.0505. The molecule has 1 amide bonds. The maximum Gasteiger partial charge on any atom is 0.236 e. The van der Waals surface area contributed by atoms with Crippen LogP contribution in [0.15, 0.2) is 0 Å². The summed E-state index contributed by atoms with van der Waals surface area (Å²) >= 11 is 0. The normalized spacial score (nSPS) is 20.2. The number of piperidine rings is 1. The van der Waals surface area contributed by atoms with Crippen LogP contribution in [0, 0.1) is 5.92 Å². The number of carbonyl (C=O) groups is 1. The van der Waals surface area contributed by atoms with Gasteiger partial charge in [-0.25, -0.2) is 5.84 Å². The summed E-state index contributed by atoms with van der Waals surface area (Å²) in [6.07, 6.45) is 2.85. The quantitative estimate of drug-likeness (QED) is 0.376. The molecule has 4 heteroatoms. The van der Waals surface area contributed by atoms with Gasteiger partial charge in [0, 0.05) is 13.5 Å². The van der Waals surface area contributed by atoms with Crippen molar-refractivity contribution in [2.24, 2.45) is 11.8 Å². The second-order valence-electron chi connectivity index (χ2n) is 3.96. The minimum absolute atomic E-state index is 0.0505. The lowest BCUT2D eigenvalue weighted by atomic mass is 9.93. The highest BCUT2D eigenvalue weighted by molar-refractivity contribution is 5.75. The van der Waals surface area contributed by atoms with Gasteiger partial charge in [-0.2, -0.15) is 0 Å². The van der Waals surface area contributed by atoms with Crippen LogP contribution in [0.5, 0.6) is 0 Å². The van der Waals surface area contributed by atoms with Crippen LogP contribution in [0.4, 0.5) is 0 Å². The van der Waals surface area contributed by atoms with Crippen LogP contribution in [0.1, 0.15) is 19.3 Å². The molecule has 13 heavy (non-hydrogen) atoms. The van der Waals surface area contributed by atoms with Crippen molar-refractivity contribution in [3.05, 3.63) is 0 Å². The van der Waals surface area contributed by atoms with E-state index in [1.807, 2.05) is 0 Å². The topological polar surface area (TPSA) is 49.6 Å². The van der Waals surface area contributed by atoms with Gasteiger partial charge in [0.15, 0.2) is 0 Å². The number of nitrogens with zero attached hydrogens (tertiary/aromatic N) is 2. The van der Waals surface area contributed by atoms with Crippen molar-refractivity contribution in [1.82, 2.24) is 9.91 Å². The van der Waals surface area contributed by atoms with Crippen LogP contribution in [0.2, 0.25) is 0 Å². The smallest absolute Gasteiger partial charge is 0.236 e. The van der Waals surface area contributed by atoms with Gasteiger partial charge < -0.3 is 4.90 Å². The van der Waals surface area contributed by atoms with Crippen molar-refractivity contribution in [3.63, 3.8) is 0 Å². The summed E-state index contributed by atoms with van der Waals surface area (Å²) in [5.74, 6) is 5.94. The van der Waals surface area contributed by atoms with Gasteiger partial charge in [0.1, 0.15) is 0 Å². The first-order valence-corrected chi connectivity index (χ1v) is 4.79. The van der Waals surface area contributed by atoms with Crippen LogP contribution >= 0.6 is 0 Å². The average Bonchev–Trinajstić information content (AvgIpc) is 2.08. The maximum absolute atomic E-state index is 11.3. The van der Waals surface area contributed by atoms with Gasteiger partial charge in [-0.15, -0.1) is 0 Å². The van der Waals surface area contributed by atoms with E-state index in [0.29, 0.717) is 12.3 Å². The Labute approximate surface area is 79.6 Å². The summed E-state index contributed by atoms with van der Waals surface area (Å²) in [4.78, 5) is 13.6. The van der Waals surface area contributed by atoms with Gasteiger partial charge in [-0.3, -0.25) is 9.80 Å². The molecule has 0 saturated carbocycles. The monoisotopic (exact) mass is 185 g/mol. The Morgan fingerprint density at radius 1 is 1.54 bits per heavy atom. The molecular formula is C9H19N3O. The molecule has 0 aliphatic carbocycles. The Balaban J connectivity index is 2.26.